The summed E-state index contributed by atoms with van der Waals surface area (Å²) in [6, 6.07) is 0. The number of hydrogen-bond donors (Lipinski definition) is 2. The number of phosphoric acid groups is 1. The second-order valence-electron chi connectivity index (χ2n) is 7.47. The lowest BCUT2D eigenvalue weighted by Gasteiger charge is -2.17. The van der Waals surface area contributed by atoms with E-state index >= 15 is 0 Å². The highest BCUT2D eigenvalue weighted by Gasteiger charge is 2.22. The van der Waals surface area contributed by atoms with E-state index in [9.17, 15) is 14.2 Å². The van der Waals surface area contributed by atoms with Gasteiger partial charge in [0.2, 0.25) is 0 Å². The number of ether oxygens (including phenoxy) is 2. The van der Waals surface area contributed by atoms with Crippen LogP contribution in [0.3, 0.4) is 0 Å². The van der Waals surface area contributed by atoms with Crippen molar-refractivity contribution in [1.82, 2.24) is 0 Å². The van der Waals surface area contributed by atoms with Crippen molar-refractivity contribution in [2.45, 2.75) is 77.2 Å². The van der Waals surface area contributed by atoms with Crippen molar-refractivity contribution in [3.8, 4) is 71.5 Å². The third kappa shape index (κ3) is 25.3. The van der Waals surface area contributed by atoms with Gasteiger partial charge in [-0.15, -0.1) is 6.42 Å². The highest BCUT2D eigenvalue weighted by atomic mass is 31.2. The van der Waals surface area contributed by atoms with E-state index in [1.54, 1.807) is 0 Å². The van der Waals surface area contributed by atoms with Crippen molar-refractivity contribution in [3.63, 3.8) is 0 Å². The minimum Gasteiger partial charge on any atom is -0.456 e. The summed E-state index contributed by atoms with van der Waals surface area (Å²) in [7, 11) is -4.81. The summed E-state index contributed by atoms with van der Waals surface area (Å²) in [5.74, 6) is 23.6. The molecule has 0 aliphatic rings. The van der Waals surface area contributed by atoms with Crippen LogP contribution in [0.1, 0.15) is 71.1 Å². The molecule has 1 atom stereocenters. The Bertz CT molecular complexity index is 1120. The summed E-state index contributed by atoms with van der Waals surface area (Å²) in [6.07, 6.45) is 13.6. The largest absolute Gasteiger partial charge is 0.469 e. The maximum absolute atomic E-state index is 12.1. The van der Waals surface area contributed by atoms with Crippen molar-refractivity contribution in [1.29, 1.82) is 0 Å². The van der Waals surface area contributed by atoms with E-state index in [1.807, 2.05) is 0 Å². The molecule has 0 radical (unpaired) electrons. The van der Waals surface area contributed by atoms with Gasteiger partial charge in [-0.05, 0) is 65.6 Å². The Hall–Kier alpha value is -3.59. The van der Waals surface area contributed by atoms with Crippen molar-refractivity contribution >= 4 is 19.8 Å². The quantitative estimate of drug-likeness (QED) is 0.104. The number of carbonyl (C=O) groups is 2. The number of phosphoric ester groups is 1. The minimum atomic E-state index is -4.81. The van der Waals surface area contributed by atoms with E-state index in [2.05, 4.69) is 76.6 Å². The molecule has 0 aliphatic heterocycles. The average Bonchev–Trinajstić information content (AvgIpc) is 2.85. The van der Waals surface area contributed by atoms with Gasteiger partial charge < -0.3 is 19.3 Å². The van der Waals surface area contributed by atoms with Crippen LogP contribution in [0.4, 0.5) is 0 Å². The summed E-state index contributed by atoms with van der Waals surface area (Å²) in [5, 5.41) is 0. The van der Waals surface area contributed by atoms with Gasteiger partial charge in [-0.25, -0.2) is 9.36 Å². The van der Waals surface area contributed by atoms with Crippen LogP contribution in [0.15, 0.2) is 0 Å². The second-order valence-corrected chi connectivity index (χ2v) is 8.71. The first kappa shape index (κ1) is 33.4. The highest BCUT2D eigenvalue weighted by Crippen LogP contribution is 2.35. The molecule has 0 aromatic heterocycles. The summed E-state index contributed by atoms with van der Waals surface area (Å²) >= 11 is 0. The molecule has 0 saturated heterocycles. The Labute approximate surface area is 219 Å². The zero-order chi connectivity index (χ0) is 27.6. The molecule has 0 spiro atoms. The minimum absolute atomic E-state index is 0.132. The molecule has 8 nitrogen and oxygen atoms in total. The Morgan fingerprint density at radius 2 is 1.30 bits per heavy atom. The second kappa shape index (κ2) is 22.8. The molecular weight excluding hydrogens is 495 g/mol. The fourth-order valence-electron chi connectivity index (χ4n) is 2.66. The van der Waals surface area contributed by atoms with Gasteiger partial charge in [0.1, 0.15) is 6.61 Å². The predicted octanol–water partition coefficient (Wildman–Crippen LogP) is 3.12. The highest BCUT2D eigenvalue weighted by molar-refractivity contribution is 7.46. The van der Waals surface area contributed by atoms with Gasteiger partial charge in [-0.1, -0.05) is 58.3 Å². The molecule has 0 aromatic carbocycles. The van der Waals surface area contributed by atoms with Crippen LogP contribution in [0, 0.1) is 71.5 Å². The van der Waals surface area contributed by atoms with Gasteiger partial charge >= 0.3 is 19.8 Å². The lowest BCUT2D eigenvalue weighted by atomic mass is 10.1. The number of rotatable bonds is 16. The average molecular weight is 527 g/mol. The van der Waals surface area contributed by atoms with Gasteiger partial charge in [-0.2, -0.15) is 0 Å². The fraction of sp³-hybridized carbons (Fsp3) is 0.500. The molecule has 0 aromatic rings. The van der Waals surface area contributed by atoms with Crippen LogP contribution < -0.4 is 0 Å². The van der Waals surface area contributed by atoms with Crippen LogP contribution in [0.5, 0.6) is 0 Å². The number of carbonyl (C=O) groups excluding carboxylic acids is 2. The molecule has 0 rings (SSSR count). The predicted molar refractivity (Wildman–Crippen MR) is 138 cm³/mol. The summed E-state index contributed by atoms with van der Waals surface area (Å²) in [5.41, 5.74) is 0. The molecule has 37 heavy (non-hydrogen) atoms. The van der Waals surface area contributed by atoms with Gasteiger partial charge in [-0.3, -0.25) is 9.32 Å². The smallest absolute Gasteiger partial charge is 0.456 e. The first-order valence-corrected chi connectivity index (χ1v) is 13.3. The SMILES string of the molecule is C#CC#CC#CC#CC#CC#CC(=O)OC[C@H](COP(=O)(O)O)OC(=O)CCCCCCCCCCC. The van der Waals surface area contributed by atoms with E-state index < -0.39 is 39.1 Å². The standard InChI is InChI=1S/C28H31O8P/c1-3-5-7-9-11-13-15-16-18-20-22-27(29)34-24-26(25-35-37(31,32)33)36-28(30)23-21-19-17-14-12-10-8-6-4-2/h1,26H,4,6,8,10,12,14,17,19,21,23-25H2,2H3,(H2,31,32,33)/t26-/m1/s1. The molecule has 0 unspecified atom stereocenters. The molecule has 9 heteroatoms. The number of hydrogen-bond acceptors (Lipinski definition) is 6. The summed E-state index contributed by atoms with van der Waals surface area (Å²) in [6.45, 7) is 1.02. The fourth-order valence-corrected chi connectivity index (χ4v) is 3.02. The summed E-state index contributed by atoms with van der Waals surface area (Å²) in [4.78, 5) is 41.6. The molecule has 0 bridgehead atoms. The van der Waals surface area contributed by atoms with E-state index in [-0.39, 0.29) is 6.42 Å². The Morgan fingerprint density at radius 3 is 1.84 bits per heavy atom. The first-order chi connectivity index (χ1) is 17.8. The van der Waals surface area contributed by atoms with Crippen molar-refractivity contribution in [2.24, 2.45) is 0 Å². The van der Waals surface area contributed by atoms with Gasteiger partial charge in [0.25, 0.3) is 0 Å². The zero-order valence-corrected chi connectivity index (χ0v) is 21.8. The Kier molecular flexibility index (Phi) is 20.6. The summed E-state index contributed by atoms with van der Waals surface area (Å²) < 4.78 is 25.4. The molecule has 2 N–H and O–H groups in total. The number of esters is 2. The molecule has 0 aliphatic carbocycles. The maximum Gasteiger partial charge on any atom is 0.469 e. The van der Waals surface area contributed by atoms with E-state index in [4.69, 9.17) is 25.7 Å². The topological polar surface area (TPSA) is 119 Å². The third-order valence-corrected chi connectivity index (χ3v) is 4.83. The van der Waals surface area contributed by atoms with Crippen LogP contribution in [-0.2, 0) is 28.2 Å². The van der Waals surface area contributed by atoms with Crippen LogP contribution in [-0.4, -0.2) is 41.0 Å². The number of terminal acetylenes is 1. The van der Waals surface area contributed by atoms with Gasteiger partial charge in [0.05, 0.1) is 6.61 Å². The van der Waals surface area contributed by atoms with E-state index in [0.717, 1.165) is 19.3 Å². The van der Waals surface area contributed by atoms with E-state index in [0.29, 0.717) is 6.42 Å². The van der Waals surface area contributed by atoms with Crippen LogP contribution in [0.25, 0.3) is 0 Å². The Balaban J connectivity index is 4.53. The van der Waals surface area contributed by atoms with Gasteiger partial charge in [0.15, 0.2) is 6.10 Å². The van der Waals surface area contributed by atoms with Crippen LogP contribution in [0.2, 0.25) is 0 Å². The zero-order valence-electron chi connectivity index (χ0n) is 20.9. The lowest BCUT2D eigenvalue weighted by molar-refractivity contribution is -0.158. The van der Waals surface area contributed by atoms with Crippen molar-refractivity contribution in [2.75, 3.05) is 13.2 Å². The third-order valence-electron chi connectivity index (χ3n) is 4.35. The molecule has 0 heterocycles. The molecule has 0 amide bonds. The molecule has 0 saturated carbocycles. The van der Waals surface area contributed by atoms with Crippen molar-refractivity contribution < 1.29 is 37.9 Å². The van der Waals surface area contributed by atoms with Crippen LogP contribution >= 0.6 is 7.82 Å². The molecular formula is C28H31O8P. The number of unbranched alkanes of at least 4 members (excludes halogenated alkanes) is 8. The molecule has 0 fully saturated rings. The van der Waals surface area contributed by atoms with Crippen molar-refractivity contribution in [3.05, 3.63) is 0 Å². The monoisotopic (exact) mass is 526 g/mol. The maximum atomic E-state index is 12.1. The lowest BCUT2D eigenvalue weighted by Crippen LogP contribution is -2.29. The molecule has 196 valence electrons. The normalized spacial score (nSPS) is 10.0. The van der Waals surface area contributed by atoms with E-state index in [1.165, 1.54) is 32.1 Å². The Morgan fingerprint density at radius 1 is 0.784 bits per heavy atom. The first-order valence-electron chi connectivity index (χ1n) is 11.8. The van der Waals surface area contributed by atoms with Gasteiger partial charge in [0, 0.05) is 12.3 Å².